The molecule has 0 bridgehead atoms. The van der Waals surface area contributed by atoms with Crippen molar-refractivity contribution in [2.75, 3.05) is 0 Å². The van der Waals surface area contributed by atoms with E-state index < -0.39 is 16.5 Å². The van der Waals surface area contributed by atoms with Crippen LogP contribution >= 0.6 is 0 Å². The van der Waals surface area contributed by atoms with Crippen molar-refractivity contribution < 1.29 is 14.1 Å². The van der Waals surface area contributed by atoms with Gasteiger partial charge in [-0.3, -0.25) is 14.9 Å². The fourth-order valence-electron chi connectivity index (χ4n) is 1.55. The molecule has 2 aromatic rings. The Balaban J connectivity index is 0.000000677. The van der Waals surface area contributed by atoms with Crippen molar-refractivity contribution in [2.45, 2.75) is 6.92 Å². The van der Waals surface area contributed by atoms with Crippen LogP contribution in [0.15, 0.2) is 48.5 Å². The first-order valence-electron chi connectivity index (χ1n) is 5.85. The predicted octanol–water partition coefficient (Wildman–Crippen LogP) is 3.49. The molecular weight excluding hydrogens is 275 g/mol. The summed E-state index contributed by atoms with van der Waals surface area (Å²) in [7, 11) is 0. The fourth-order valence-corrected chi connectivity index (χ4v) is 1.55. The topological polar surface area (TPSA) is 84.0 Å². The number of hydrogen-bond acceptors (Lipinski definition) is 4. The maximum Gasteiger partial charge on any atom is 0.272 e. The normalized spacial score (nSPS) is 9.00. The number of rotatable bonds is 3. The first-order valence-corrected chi connectivity index (χ1v) is 5.85. The third-order valence-electron chi connectivity index (χ3n) is 2.44. The minimum absolute atomic E-state index is 0.174. The first kappa shape index (κ1) is 16.0. The molecule has 6 heteroatoms. The van der Waals surface area contributed by atoms with Gasteiger partial charge in [-0.25, -0.2) is 4.39 Å². The molecule has 0 unspecified atom stereocenters. The number of hydrogen-bond donors (Lipinski definition) is 0. The van der Waals surface area contributed by atoms with Crippen molar-refractivity contribution in [2.24, 2.45) is 0 Å². The molecule has 0 spiro atoms. The largest absolute Gasteiger partial charge is 0.288 e. The first-order chi connectivity index (χ1) is 10.0. The van der Waals surface area contributed by atoms with E-state index in [0.717, 1.165) is 18.2 Å². The van der Waals surface area contributed by atoms with Gasteiger partial charge in [-0.1, -0.05) is 30.3 Å². The quantitative estimate of drug-likeness (QED) is 0.491. The van der Waals surface area contributed by atoms with Gasteiger partial charge in [-0.15, -0.1) is 0 Å². The average Bonchev–Trinajstić information content (AvgIpc) is 2.48. The number of non-ortho nitro benzene ring substituents is 1. The lowest BCUT2D eigenvalue weighted by Gasteiger charge is -2.02. The molecule has 5 nitrogen and oxygen atoms in total. The highest BCUT2D eigenvalue weighted by Crippen LogP contribution is 2.19. The molecule has 21 heavy (non-hydrogen) atoms. The number of nitro benzene ring substituents is 1. The van der Waals surface area contributed by atoms with Gasteiger partial charge in [0, 0.05) is 18.6 Å². The predicted molar refractivity (Wildman–Crippen MR) is 74.2 cm³/mol. The summed E-state index contributed by atoms with van der Waals surface area (Å²) in [5.74, 6) is -1.39. The zero-order valence-corrected chi connectivity index (χ0v) is 11.1. The van der Waals surface area contributed by atoms with Gasteiger partial charge in [0.15, 0.2) is 5.78 Å². The van der Waals surface area contributed by atoms with Gasteiger partial charge >= 0.3 is 0 Å². The zero-order valence-electron chi connectivity index (χ0n) is 11.1. The van der Waals surface area contributed by atoms with Crippen LogP contribution in [0.1, 0.15) is 22.8 Å². The van der Waals surface area contributed by atoms with Crippen LogP contribution in [0, 0.1) is 27.3 Å². The average molecular weight is 286 g/mol. The summed E-state index contributed by atoms with van der Waals surface area (Å²) in [6.07, 6.45) is 0. The SMILES string of the molecule is CC#N.O=C(c1ccccc1)c1ccc([N+](=O)[O-])cc1F. The molecule has 0 N–H and O–H groups in total. The molecule has 2 aromatic carbocycles. The number of halogens is 1. The second-order valence-corrected chi connectivity index (χ2v) is 3.84. The molecular formula is C15H11FN2O3. The van der Waals surface area contributed by atoms with Gasteiger partial charge in [-0.05, 0) is 6.07 Å². The minimum atomic E-state index is -0.891. The third kappa shape index (κ3) is 4.21. The Bertz CT molecular complexity index is 694. The number of ketones is 1. The molecule has 0 amide bonds. The number of carbonyl (C=O) groups excluding carboxylic acids is 1. The van der Waals surface area contributed by atoms with Crippen molar-refractivity contribution in [3.8, 4) is 6.07 Å². The third-order valence-corrected chi connectivity index (χ3v) is 2.44. The van der Waals surface area contributed by atoms with E-state index in [-0.39, 0.29) is 11.3 Å². The molecule has 0 fully saturated rings. The number of carbonyl (C=O) groups is 1. The monoisotopic (exact) mass is 286 g/mol. The van der Waals surface area contributed by atoms with Crippen molar-refractivity contribution in [3.05, 3.63) is 75.6 Å². The van der Waals surface area contributed by atoms with Gasteiger partial charge in [0.1, 0.15) is 5.82 Å². The molecule has 106 valence electrons. The van der Waals surface area contributed by atoms with Crippen LogP contribution < -0.4 is 0 Å². The molecule has 0 radical (unpaired) electrons. The van der Waals surface area contributed by atoms with Crippen LogP contribution in [0.25, 0.3) is 0 Å². The Morgan fingerprint density at radius 1 is 1.24 bits per heavy atom. The molecule has 2 rings (SSSR count). The van der Waals surface area contributed by atoms with Crippen LogP contribution in [-0.4, -0.2) is 10.7 Å². The van der Waals surface area contributed by atoms with Crippen LogP contribution in [0.3, 0.4) is 0 Å². The Hall–Kier alpha value is -3.07. The zero-order chi connectivity index (χ0) is 15.8. The summed E-state index contributed by atoms with van der Waals surface area (Å²) in [4.78, 5) is 21.7. The summed E-state index contributed by atoms with van der Waals surface area (Å²) in [6.45, 7) is 1.43. The van der Waals surface area contributed by atoms with Crippen molar-refractivity contribution in [1.29, 1.82) is 5.26 Å². The van der Waals surface area contributed by atoms with Gasteiger partial charge in [-0.2, -0.15) is 5.26 Å². The lowest BCUT2D eigenvalue weighted by Crippen LogP contribution is -2.04. The Morgan fingerprint density at radius 2 is 1.81 bits per heavy atom. The van der Waals surface area contributed by atoms with Crippen LogP contribution in [0.2, 0.25) is 0 Å². The highest BCUT2D eigenvalue weighted by molar-refractivity contribution is 6.09. The number of nitriles is 1. The molecule has 0 saturated carbocycles. The Labute approximate surface area is 120 Å². The molecule has 0 aliphatic rings. The maximum absolute atomic E-state index is 13.6. The van der Waals surface area contributed by atoms with Crippen molar-refractivity contribution >= 4 is 11.5 Å². The fraction of sp³-hybridized carbons (Fsp3) is 0.0667. The second kappa shape index (κ2) is 7.50. The van der Waals surface area contributed by atoms with Crippen LogP contribution in [-0.2, 0) is 0 Å². The summed E-state index contributed by atoms with van der Waals surface area (Å²) >= 11 is 0. The Kier molecular flexibility index (Phi) is 5.71. The summed E-state index contributed by atoms with van der Waals surface area (Å²) < 4.78 is 13.6. The minimum Gasteiger partial charge on any atom is -0.288 e. The maximum atomic E-state index is 13.6. The molecule has 0 heterocycles. The van der Waals surface area contributed by atoms with Crippen molar-refractivity contribution in [1.82, 2.24) is 0 Å². The number of nitrogens with zero attached hydrogens (tertiary/aromatic N) is 2. The standard InChI is InChI=1S/C13H8FNO3.C2H3N/c14-12-8-10(15(17)18)6-7-11(12)13(16)9-4-2-1-3-5-9;1-2-3/h1-8H;1H3. The van der Waals surface area contributed by atoms with Gasteiger partial charge in [0.2, 0.25) is 0 Å². The number of benzene rings is 2. The van der Waals surface area contributed by atoms with Crippen LogP contribution in [0.4, 0.5) is 10.1 Å². The molecule has 0 aromatic heterocycles. The van der Waals surface area contributed by atoms with E-state index in [0.29, 0.717) is 5.56 Å². The van der Waals surface area contributed by atoms with E-state index in [9.17, 15) is 19.3 Å². The van der Waals surface area contributed by atoms with Gasteiger partial charge < -0.3 is 0 Å². The number of nitro groups is 1. The molecule has 0 aliphatic carbocycles. The van der Waals surface area contributed by atoms with Gasteiger partial charge in [0.25, 0.3) is 5.69 Å². The second-order valence-electron chi connectivity index (χ2n) is 3.84. The van der Waals surface area contributed by atoms with E-state index in [1.807, 2.05) is 0 Å². The van der Waals surface area contributed by atoms with Gasteiger partial charge in [0.05, 0.1) is 22.6 Å². The molecule has 0 saturated heterocycles. The molecule has 0 atom stereocenters. The summed E-state index contributed by atoms with van der Waals surface area (Å²) in [5, 5.41) is 17.8. The lowest BCUT2D eigenvalue weighted by atomic mass is 10.0. The Morgan fingerprint density at radius 3 is 2.29 bits per heavy atom. The van der Waals surface area contributed by atoms with E-state index in [1.54, 1.807) is 36.4 Å². The summed E-state index contributed by atoms with van der Waals surface area (Å²) in [5.41, 5.74) is -0.214. The molecule has 0 aliphatic heterocycles. The highest BCUT2D eigenvalue weighted by atomic mass is 19.1. The van der Waals surface area contributed by atoms with E-state index >= 15 is 0 Å². The highest BCUT2D eigenvalue weighted by Gasteiger charge is 2.17. The van der Waals surface area contributed by atoms with Crippen LogP contribution in [0.5, 0.6) is 0 Å². The lowest BCUT2D eigenvalue weighted by molar-refractivity contribution is -0.385. The van der Waals surface area contributed by atoms with E-state index in [2.05, 4.69) is 0 Å². The smallest absolute Gasteiger partial charge is 0.272 e. The van der Waals surface area contributed by atoms with E-state index in [1.165, 1.54) is 6.92 Å². The van der Waals surface area contributed by atoms with Crippen molar-refractivity contribution in [3.63, 3.8) is 0 Å². The van der Waals surface area contributed by atoms with E-state index in [4.69, 9.17) is 5.26 Å². The summed E-state index contributed by atoms with van der Waals surface area (Å²) in [6, 6.07) is 12.9.